The molecule has 1 N–H and O–H groups in total. The SMILES string of the molecule is Cc1ccc(Nc2ccc(N(c3ccccc3)c3ccccc3)cc2-c2cc(N(c3ccccc3)c3ccccc3)c3c4ccccc4n4c3c2[B]c2cc3sc5ccccc5c3cc2-4)cc1. The van der Waals surface area contributed by atoms with Crippen LogP contribution in [-0.2, 0) is 0 Å². The van der Waals surface area contributed by atoms with Crippen molar-refractivity contribution in [3.8, 4) is 16.8 Å². The highest BCUT2D eigenvalue weighted by molar-refractivity contribution is 7.26. The maximum atomic E-state index is 3.92. The number of hydrogen-bond donors (Lipinski definition) is 1. The summed E-state index contributed by atoms with van der Waals surface area (Å²) in [6.45, 7) is 2.14. The molecule has 13 rings (SSSR count). The summed E-state index contributed by atoms with van der Waals surface area (Å²) in [7, 11) is 2.46. The highest BCUT2D eigenvalue weighted by Gasteiger charge is 2.31. The molecule has 1 aliphatic rings. The summed E-state index contributed by atoms with van der Waals surface area (Å²) in [6, 6.07) is 83.7. The molecular weight excluding hydrogens is 832 g/mol. The normalized spacial score (nSPS) is 11.8. The van der Waals surface area contributed by atoms with Crippen molar-refractivity contribution in [2.24, 2.45) is 0 Å². The molecule has 2 aromatic heterocycles. The first kappa shape index (κ1) is 39.1. The Bertz CT molecular complexity index is 3730. The summed E-state index contributed by atoms with van der Waals surface area (Å²) in [5.41, 5.74) is 17.9. The van der Waals surface area contributed by atoms with Gasteiger partial charge in [-0.25, -0.2) is 0 Å². The van der Waals surface area contributed by atoms with Gasteiger partial charge in [-0.2, -0.15) is 0 Å². The van der Waals surface area contributed by atoms with Crippen molar-refractivity contribution in [3.63, 3.8) is 0 Å². The number of para-hydroxylation sites is 5. The molecule has 0 saturated carbocycles. The fourth-order valence-electron chi connectivity index (χ4n) is 10.2. The quantitative estimate of drug-likeness (QED) is 0.146. The van der Waals surface area contributed by atoms with Gasteiger partial charge in [0.1, 0.15) is 0 Å². The van der Waals surface area contributed by atoms with E-state index in [4.69, 9.17) is 0 Å². The smallest absolute Gasteiger partial charge is 0.197 e. The molecule has 1 aliphatic heterocycles. The Labute approximate surface area is 394 Å². The number of anilines is 8. The van der Waals surface area contributed by atoms with Gasteiger partial charge in [-0.1, -0.05) is 132 Å². The number of benzene rings is 10. The number of rotatable bonds is 9. The zero-order valence-electron chi connectivity index (χ0n) is 36.8. The zero-order chi connectivity index (χ0) is 44.4. The minimum absolute atomic E-state index is 1.02. The van der Waals surface area contributed by atoms with Crippen molar-refractivity contribution in [3.05, 3.63) is 236 Å². The third-order valence-electron chi connectivity index (χ3n) is 13.2. The number of nitrogens with one attached hydrogen (secondary N) is 1. The molecule has 10 aromatic carbocycles. The lowest BCUT2D eigenvalue weighted by atomic mass is 9.59. The first-order valence-corrected chi connectivity index (χ1v) is 23.7. The van der Waals surface area contributed by atoms with Gasteiger partial charge in [0.2, 0.25) is 0 Å². The molecule has 0 unspecified atom stereocenters. The van der Waals surface area contributed by atoms with Crippen LogP contribution in [0.5, 0.6) is 0 Å². The van der Waals surface area contributed by atoms with E-state index >= 15 is 0 Å². The zero-order valence-corrected chi connectivity index (χ0v) is 37.6. The second kappa shape index (κ2) is 16.0. The Kier molecular flexibility index (Phi) is 9.32. The number of fused-ring (bicyclic) bond motifs is 8. The lowest BCUT2D eigenvalue weighted by Crippen LogP contribution is -2.37. The molecular formula is C61H42BN4S. The van der Waals surface area contributed by atoms with Crippen molar-refractivity contribution in [1.82, 2.24) is 4.57 Å². The molecule has 0 saturated heterocycles. The summed E-state index contributed by atoms with van der Waals surface area (Å²) < 4.78 is 5.14. The van der Waals surface area contributed by atoms with Gasteiger partial charge in [0, 0.05) is 82.0 Å². The molecule has 3 heterocycles. The van der Waals surface area contributed by atoms with Gasteiger partial charge >= 0.3 is 0 Å². The van der Waals surface area contributed by atoms with Crippen LogP contribution in [0, 0.1) is 6.92 Å². The predicted molar refractivity (Wildman–Crippen MR) is 288 cm³/mol. The van der Waals surface area contributed by atoms with Crippen molar-refractivity contribution < 1.29 is 0 Å². The van der Waals surface area contributed by atoms with Gasteiger partial charge < -0.3 is 19.7 Å². The average Bonchev–Trinajstić information content (AvgIpc) is 3.93. The topological polar surface area (TPSA) is 23.4 Å². The third kappa shape index (κ3) is 6.60. The second-order valence-corrected chi connectivity index (χ2v) is 18.4. The lowest BCUT2D eigenvalue weighted by Gasteiger charge is -2.31. The third-order valence-corrected chi connectivity index (χ3v) is 14.3. The first-order valence-electron chi connectivity index (χ1n) is 22.8. The molecule has 0 bridgehead atoms. The maximum Gasteiger partial charge on any atom is 0.197 e. The molecule has 0 amide bonds. The molecule has 0 atom stereocenters. The van der Waals surface area contributed by atoms with Crippen molar-refractivity contribution >= 4 is 117 Å². The van der Waals surface area contributed by atoms with Gasteiger partial charge in [-0.3, -0.25) is 0 Å². The Hall–Kier alpha value is -8.32. The van der Waals surface area contributed by atoms with Crippen LogP contribution in [0.1, 0.15) is 5.56 Å². The van der Waals surface area contributed by atoms with E-state index in [0.717, 1.165) is 56.6 Å². The fourth-order valence-corrected chi connectivity index (χ4v) is 11.3. The summed E-state index contributed by atoms with van der Waals surface area (Å²) in [5, 5.41) is 8.92. The van der Waals surface area contributed by atoms with Gasteiger partial charge in [0.05, 0.1) is 16.7 Å². The Morgan fingerprint density at radius 2 is 1.04 bits per heavy atom. The number of aryl methyl sites for hydroxylation is 1. The molecule has 0 spiro atoms. The van der Waals surface area contributed by atoms with Crippen LogP contribution < -0.4 is 26.0 Å². The average molecular weight is 874 g/mol. The number of thiophene rings is 1. The second-order valence-electron chi connectivity index (χ2n) is 17.3. The van der Waals surface area contributed by atoms with E-state index < -0.39 is 0 Å². The van der Waals surface area contributed by atoms with Crippen LogP contribution >= 0.6 is 11.3 Å². The van der Waals surface area contributed by atoms with E-state index in [1.807, 2.05) is 11.3 Å². The monoisotopic (exact) mass is 873 g/mol. The van der Waals surface area contributed by atoms with E-state index in [-0.39, 0.29) is 0 Å². The Balaban J connectivity index is 1.17. The standard InChI is InChI=1S/C61H42BN4S/c1-40-30-32-41(33-31-40)63-53-35-34-46(64(42-18-6-2-7-19-42)43-20-8-3-9-21-43)36-49(53)51-38-56(65(44-22-10-4-11-23-44)45-24-12-5-13-25-45)59-48-27-14-16-28-54(48)66-55-37-50-47-26-15-17-29-57(47)67-58(50)39-52(55)62-60(51)61(59)66/h2-39,63H,1H3. The van der Waals surface area contributed by atoms with Crippen LogP contribution in [0.25, 0.3) is 58.8 Å². The van der Waals surface area contributed by atoms with Crippen LogP contribution in [0.4, 0.5) is 45.5 Å². The van der Waals surface area contributed by atoms with Crippen molar-refractivity contribution in [2.75, 3.05) is 15.1 Å². The van der Waals surface area contributed by atoms with E-state index in [0.29, 0.717) is 0 Å². The molecule has 0 aliphatic carbocycles. The molecule has 67 heavy (non-hydrogen) atoms. The predicted octanol–water partition coefficient (Wildman–Crippen LogP) is 15.8. The minimum atomic E-state index is 1.02. The summed E-state index contributed by atoms with van der Waals surface area (Å²) >= 11 is 1.87. The fraction of sp³-hybridized carbons (Fsp3) is 0.0164. The van der Waals surface area contributed by atoms with Crippen LogP contribution in [0.3, 0.4) is 0 Å². The highest BCUT2D eigenvalue weighted by Crippen LogP contribution is 2.48. The molecule has 12 aromatic rings. The van der Waals surface area contributed by atoms with Crippen LogP contribution in [0.15, 0.2) is 231 Å². The lowest BCUT2D eigenvalue weighted by molar-refractivity contribution is 1.20. The molecule has 1 radical (unpaired) electrons. The van der Waals surface area contributed by atoms with Crippen molar-refractivity contribution in [2.45, 2.75) is 6.92 Å². The van der Waals surface area contributed by atoms with Crippen molar-refractivity contribution in [1.29, 1.82) is 0 Å². The largest absolute Gasteiger partial charge is 0.355 e. The number of aromatic nitrogens is 1. The first-order chi connectivity index (χ1) is 33.1. The highest BCUT2D eigenvalue weighted by atomic mass is 32.1. The van der Waals surface area contributed by atoms with Gasteiger partial charge in [-0.05, 0) is 127 Å². The molecule has 0 fully saturated rings. The molecule has 4 nitrogen and oxygen atoms in total. The van der Waals surface area contributed by atoms with Gasteiger partial charge in [-0.15, -0.1) is 11.3 Å². The van der Waals surface area contributed by atoms with Crippen LogP contribution in [0.2, 0.25) is 0 Å². The summed E-state index contributed by atoms with van der Waals surface area (Å²) in [4.78, 5) is 4.81. The molecule has 315 valence electrons. The number of hydrogen-bond acceptors (Lipinski definition) is 4. The van der Waals surface area contributed by atoms with Gasteiger partial charge in [0.15, 0.2) is 7.28 Å². The molecule has 6 heteroatoms. The maximum absolute atomic E-state index is 3.92. The van der Waals surface area contributed by atoms with E-state index in [1.54, 1.807) is 0 Å². The minimum Gasteiger partial charge on any atom is -0.355 e. The summed E-state index contributed by atoms with van der Waals surface area (Å²) in [5.74, 6) is 0. The van der Waals surface area contributed by atoms with E-state index in [9.17, 15) is 0 Å². The van der Waals surface area contributed by atoms with E-state index in [2.05, 4.69) is 264 Å². The summed E-state index contributed by atoms with van der Waals surface area (Å²) in [6.07, 6.45) is 0. The Morgan fingerprint density at radius 3 is 1.70 bits per heavy atom. The van der Waals surface area contributed by atoms with E-state index in [1.165, 1.54) is 64.2 Å². The van der Waals surface area contributed by atoms with Gasteiger partial charge in [0.25, 0.3) is 0 Å². The van der Waals surface area contributed by atoms with Crippen LogP contribution in [-0.4, -0.2) is 11.8 Å². The number of nitrogens with zero attached hydrogens (tertiary/aromatic N) is 3. The Morgan fingerprint density at radius 1 is 0.463 bits per heavy atom.